The quantitative estimate of drug-likeness (QED) is 0.876. The summed E-state index contributed by atoms with van der Waals surface area (Å²) >= 11 is 0. The minimum atomic E-state index is 0.248. The molecule has 1 N–H and O–H groups in total. The highest BCUT2D eigenvalue weighted by atomic mass is 16.5. The summed E-state index contributed by atoms with van der Waals surface area (Å²) in [5, 5.41) is 3.61. The minimum Gasteiger partial charge on any atom is -0.494 e. The highest BCUT2D eigenvalue weighted by molar-refractivity contribution is 5.76. The molecule has 2 rings (SSSR count). The fraction of sp³-hybridized carbons (Fsp3) is 0.588. The van der Waals surface area contributed by atoms with Crippen LogP contribution >= 0.6 is 0 Å². The van der Waals surface area contributed by atoms with E-state index >= 15 is 0 Å². The molecule has 2 atom stereocenters. The van der Waals surface area contributed by atoms with Crippen molar-refractivity contribution in [2.24, 2.45) is 0 Å². The molecule has 21 heavy (non-hydrogen) atoms. The second-order valence-corrected chi connectivity index (χ2v) is 5.82. The molecule has 0 bridgehead atoms. The summed E-state index contributed by atoms with van der Waals surface area (Å²) in [5.41, 5.74) is 1.25. The summed E-state index contributed by atoms with van der Waals surface area (Å²) < 4.78 is 5.60. The van der Waals surface area contributed by atoms with Crippen LogP contribution < -0.4 is 10.1 Å². The summed E-state index contributed by atoms with van der Waals surface area (Å²) in [6, 6.07) is 8.93. The smallest absolute Gasteiger partial charge is 0.222 e. The maximum Gasteiger partial charge on any atom is 0.222 e. The van der Waals surface area contributed by atoms with Gasteiger partial charge >= 0.3 is 0 Å². The highest BCUT2D eigenvalue weighted by Crippen LogP contribution is 2.20. The van der Waals surface area contributed by atoms with Crippen molar-refractivity contribution in [3.63, 3.8) is 0 Å². The third kappa shape index (κ3) is 4.46. The van der Waals surface area contributed by atoms with Gasteiger partial charge in [-0.15, -0.1) is 0 Å². The molecular weight excluding hydrogens is 264 g/mol. The first-order valence-electron chi connectivity index (χ1n) is 7.83. The van der Waals surface area contributed by atoms with Crippen LogP contribution in [-0.4, -0.2) is 37.0 Å². The number of benzene rings is 1. The molecular formula is C17H26N2O2. The Hall–Kier alpha value is -1.55. The number of piperidine rings is 1. The molecule has 1 aliphatic heterocycles. The van der Waals surface area contributed by atoms with Crippen LogP contribution in [0.5, 0.6) is 5.75 Å². The second-order valence-electron chi connectivity index (χ2n) is 5.82. The van der Waals surface area contributed by atoms with Gasteiger partial charge in [-0.2, -0.15) is 0 Å². The van der Waals surface area contributed by atoms with E-state index in [0.29, 0.717) is 12.5 Å². The summed E-state index contributed by atoms with van der Waals surface area (Å²) in [4.78, 5) is 13.3. The molecule has 1 aromatic carbocycles. The van der Waals surface area contributed by atoms with Crippen LogP contribution in [0, 0.1) is 0 Å². The van der Waals surface area contributed by atoms with Crippen molar-refractivity contribution in [1.82, 2.24) is 10.2 Å². The Labute approximate surface area is 127 Å². The predicted molar refractivity (Wildman–Crippen MR) is 84.4 cm³/mol. The molecule has 4 nitrogen and oxygen atoms in total. The molecule has 0 aliphatic carbocycles. The molecule has 0 spiro atoms. The molecule has 1 aromatic rings. The van der Waals surface area contributed by atoms with Crippen molar-refractivity contribution in [3.8, 4) is 5.75 Å². The first-order valence-corrected chi connectivity index (χ1v) is 7.83. The lowest BCUT2D eigenvalue weighted by molar-refractivity contribution is -0.132. The van der Waals surface area contributed by atoms with Crippen molar-refractivity contribution in [2.75, 3.05) is 20.2 Å². The van der Waals surface area contributed by atoms with E-state index < -0.39 is 0 Å². The SMILES string of the molecule is CCCOc1ccc(C(C)NC2CCC(=O)N(C)C2)cc1. The number of ether oxygens (including phenoxy) is 1. The van der Waals surface area contributed by atoms with Crippen molar-refractivity contribution >= 4 is 5.91 Å². The van der Waals surface area contributed by atoms with E-state index in [1.807, 2.05) is 24.1 Å². The van der Waals surface area contributed by atoms with Gasteiger partial charge in [0.2, 0.25) is 5.91 Å². The lowest BCUT2D eigenvalue weighted by Gasteiger charge is -2.32. The van der Waals surface area contributed by atoms with Gasteiger partial charge in [-0.3, -0.25) is 4.79 Å². The first kappa shape index (κ1) is 15.8. The number of nitrogens with one attached hydrogen (secondary N) is 1. The summed E-state index contributed by atoms with van der Waals surface area (Å²) in [6.45, 7) is 5.82. The van der Waals surface area contributed by atoms with Gasteiger partial charge in [-0.05, 0) is 37.5 Å². The van der Waals surface area contributed by atoms with Gasteiger partial charge in [0.05, 0.1) is 6.61 Å². The summed E-state index contributed by atoms with van der Waals surface area (Å²) in [7, 11) is 1.88. The molecule has 116 valence electrons. The lowest BCUT2D eigenvalue weighted by Crippen LogP contribution is -2.47. The zero-order valence-corrected chi connectivity index (χ0v) is 13.3. The maximum absolute atomic E-state index is 11.5. The molecule has 1 saturated heterocycles. The third-order valence-corrected chi connectivity index (χ3v) is 3.97. The minimum absolute atomic E-state index is 0.248. The number of carbonyl (C=O) groups excluding carboxylic acids is 1. The van der Waals surface area contributed by atoms with Gasteiger partial charge in [0, 0.05) is 32.1 Å². The van der Waals surface area contributed by atoms with Crippen molar-refractivity contribution < 1.29 is 9.53 Å². The van der Waals surface area contributed by atoms with Gasteiger partial charge in [0.15, 0.2) is 0 Å². The van der Waals surface area contributed by atoms with E-state index in [4.69, 9.17) is 4.74 Å². The molecule has 1 heterocycles. The number of hydrogen-bond donors (Lipinski definition) is 1. The zero-order chi connectivity index (χ0) is 15.2. The Balaban J connectivity index is 1.88. The Morgan fingerprint density at radius 1 is 1.38 bits per heavy atom. The van der Waals surface area contributed by atoms with E-state index in [2.05, 4.69) is 31.3 Å². The Morgan fingerprint density at radius 2 is 2.10 bits per heavy atom. The van der Waals surface area contributed by atoms with Crippen molar-refractivity contribution in [1.29, 1.82) is 0 Å². The van der Waals surface area contributed by atoms with Crippen molar-refractivity contribution in [3.05, 3.63) is 29.8 Å². The molecule has 1 aliphatic rings. The van der Waals surface area contributed by atoms with E-state index in [9.17, 15) is 4.79 Å². The number of nitrogens with zero attached hydrogens (tertiary/aromatic N) is 1. The Morgan fingerprint density at radius 3 is 2.71 bits per heavy atom. The number of likely N-dealkylation sites (tertiary alicyclic amines) is 1. The van der Waals surface area contributed by atoms with Gasteiger partial charge in [0.1, 0.15) is 5.75 Å². The van der Waals surface area contributed by atoms with E-state index in [-0.39, 0.29) is 11.9 Å². The number of hydrogen-bond acceptors (Lipinski definition) is 3. The number of carbonyl (C=O) groups is 1. The summed E-state index contributed by atoms with van der Waals surface area (Å²) in [5.74, 6) is 1.17. The van der Waals surface area contributed by atoms with Crippen LogP contribution in [0.4, 0.5) is 0 Å². The van der Waals surface area contributed by atoms with Gasteiger partial charge in [0.25, 0.3) is 0 Å². The zero-order valence-electron chi connectivity index (χ0n) is 13.3. The average molecular weight is 290 g/mol. The third-order valence-electron chi connectivity index (χ3n) is 3.97. The largest absolute Gasteiger partial charge is 0.494 e. The van der Waals surface area contributed by atoms with E-state index in [1.165, 1.54) is 5.56 Å². The van der Waals surface area contributed by atoms with Crippen LogP contribution in [0.3, 0.4) is 0 Å². The standard InChI is InChI=1S/C17H26N2O2/c1-4-11-21-16-8-5-14(6-9-16)13(2)18-15-7-10-17(20)19(3)12-15/h5-6,8-9,13,15,18H,4,7,10-12H2,1-3H3. The average Bonchev–Trinajstić information content (AvgIpc) is 2.49. The Bertz CT molecular complexity index is 458. The molecule has 0 aromatic heterocycles. The first-order chi connectivity index (χ1) is 10.1. The predicted octanol–water partition coefficient (Wildman–Crippen LogP) is 2.75. The molecule has 1 fully saturated rings. The van der Waals surface area contributed by atoms with Gasteiger partial charge < -0.3 is 15.0 Å². The van der Waals surface area contributed by atoms with Crippen LogP contribution in [0.15, 0.2) is 24.3 Å². The number of rotatable bonds is 6. The van der Waals surface area contributed by atoms with Gasteiger partial charge in [-0.25, -0.2) is 0 Å². The molecule has 1 amide bonds. The highest BCUT2D eigenvalue weighted by Gasteiger charge is 2.23. The van der Waals surface area contributed by atoms with Crippen LogP contribution in [0.25, 0.3) is 0 Å². The van der Waals surface area contributed by atoms with Crippen LogP contribution in [-0.2, 0) is 4.79 Å². The van der Waals surface area contributed by atoms with Crippen LogP contribution in [0.2, 0.25) is 0 Å². The second kappa shape index (κ2) is 7.46. The molecule has 4 heteroatoms. The van der Waals surface area contributed by atoms with Crippen LogP contribution in [0.1, 0.15) is 44.7 Å². The fourth-order valence-corrected chi connectivity index (χ4v) is 2.67. The maximum atomic E-state index is 11.5. The summed E-state index contributed by atoms with van der Waals surface area (Å²) in [6.07, 6.45) is 2.59. The fourth-order valence-electron chi connectivity index (χ4n) is 2.67. The van der Waals surface area contributed by atoms with Crippen molar-refractivity contribution in [2.45, 2.75) is 45.2 Å². The number of amides is 1. The Kier molecular flexibility index (Phi) is 5.62. The lowest BCUT2D eigenvalue weighted by atomic mass is 10.0. The van der Waals surface area contributed by atoms with E-state index in [0.717, 1.165) is 31.7 Å². The van der Waals surface area contributed by atoms with E-state index in [1.54, 1.807) is 0 Å². The topological polar surface area (TPSA) is 41.6 Å². The normalized spacial score (nSPS) is 20.4. The van der Waals surface area contributed by atoms with Gasteiger partial charge in [-0.1, -0.05) is 19.1 Å². The number of likely N-dealkylation sites (N-methyl/N-ethyl adjacent to an activating group) is 1. The monoisotopic (exact) mass is 290 g/mol. The molecule has 2 unspecified atom stereocenters. The molecule has 0 radical (unpaired) electrons. The molecule has 0 saturated carbocycles.